The highest BCUT2D eigenvalue weighted by Crippen LogP contribution is 2.33. The van der Waals surface area contributed by atoms with Crippen LogP contribution in [0.3, 0.4) is 0 Å². The maximum absolute atomic E-state index is 12.0. The highest BCUT2D eigenvalue weighted by molar-refractivity contribution is 8.14. The molecule has 2 aromatic rings. The zero-order chi connectivity index (χ0) is 15.2. The first-order valence-corrected chi connectivity index (χ1v) is 9.13. The number of aromatic nitrogens is 2. The molecule has 7 nitrogen and oxygen atoms in total. The van der Waals surface area contributed by atoms with E-state index in [4.69, 9.17) is 15.4 Å². The molecular weight excluding hydrogens is 338 g/mol. The van der Waals surface area contributed by atoms with Gasteiger partial charge in [-0.2, -0.15) is 0 Å². The van der Waals surface area contributed by atoms with Crippen molar-refractivity contribution in [2.75, 3.05) is 18.6 Å². The monoisotopic (exact) mass is 347 g/mol. The van der Waals surface area contributed by atoms with E-state index in [2.05, 4.69) is 9.97 Å². The number of methoxy groups -OCH3 is 1. The number of ether oxygens (including phenoxy) is 1. The van der Waals surface area contributed by atoms with Crippen LogP contribution in [0.2, 0.25) is 0 Å². The van der Waals surface area contributed by atoms with E-state index in [-0.39, 0.29) is 18.9 Å². The molecule has 1 aliphatic heterocycles. The van der Waals surface area contributed by atoms with Crippen molar-refractivity contribution >= 4 is 52.5 Å². The van der Waals surface area contributed by atoms with Crippen LogP contribution >= 0.6 is 22.0 Å². The number of rotatable bonds is 3. The lowest BCUT2D eigenvalue weighted by Gasteiger charge is -2.11. The summed E-state index contributed by atoms with van der Waals surface area (Å²) in [7, 11) is 3.07. The molecule has 1 atom stereocenters. The minimum absolute atomic E-state index is 0.0155. The number of anilines is 1. The molecule has 1 saturated heterocycles. The van der Waals surface area contributed by atoms with Gasteiger partial charge in [0.2, 0.25) is 20.8 Å². The first-order valence-electron chi connectivity index (χ1n) is 5.94. The summed E-state index contributed by atoms with van der Waals surface area (Å²) < 4.78 is 27.7. The van der Waals surface area contributed by atoms with Gasteiger partial charge in [-0.3, -0.25) is 9.69 Å². The van der Waals surface area contributed by atoms with Crippen LogP contribution < -0.4 is 9.64 Å². The highest BCUT2D eigenvalue weighted by Gasteiger charge is 2.39. The van der Waals surface area contributed by atoms with E-state index >= 15 is 0 Å². The van der Waals surface area contributed by atoms with Crippen LogP contribution in [0.4, 0.5) is 5.13 Å². The van der Waals surface area contributed by atoms with Crippen LogP contribution in [-0.4, -0.2) is 43.2 Å². The molecule has 0 saturated carbocycles. The number of carbonyl (C=O) groups excluding carboxylic acids is 1. The predicted molar refractivity (Wildman–Crippen MR) is 79.5 cm³/mol. The number of amides is 1. The maximum atomic E-state index is 12.0. The van der Waals surface area contributed by atoms with Gasteiger partial charge in [0, 0.05) is 29.7 Å². The van der Waals surface area contributed by atoms with Crippen LogP contribution in [0, 0.1) is 0 Å². The van der Waals surface area contributed by atoms with Crippen molar-refractivity contribution < 1.29 is 17.9 Å². The van der Waals surface area contributed by atoms with Gasteiger partial charge in [0.05, 0.1) is 7.11 Å². The third kappa shape index (κ3) is 2.68. The second-order valence-corrected chi connectivity index (χ2v) is 8.34. The molecule has 1 aliphatic rings. The largest absolute Gasteiger partial charge is 0.481 e. The minimum Gasteiger partial charge on any atom is -0.481 e. The molecule has 112 valence electrons. The van der Waals surface area contributed by atoms with Crippen LogP contribution in [0.5, 0.6) is 5.88 Å². The Bertz CT molecular complexity index is 820. The normalized spacial score (nSPS) is 19.4. The molecule has 0 spiro atoms. The predicted octanol–water partition coefficient (Wildman–Crippen LogP) is 1.37. The van der Waals surface area contributed by atoms with Gasteiger partial charge in [-0.15, -0.1) is 0 Å². The molecule has 0 N–H and O–H groups in total. The summed E-state index contributed by atoms with van der Waals surface area (Å²) in [4.78, 5) is 22.4. The van der Waals surface area contributed by atoms with Gasteiger partial charge < -0.3 is 4.74 Å². The molecule has 0 aliphatic carbocycles. The lowest BCUT2D eigenvalue weighted by molar-refractivity contribution is -0.117. The Morgan fingerprint density at radius 3 is 2.81 bits per heavy atom. The third-order valence-corrected chi connectivity index (χ3v) is 6.00. The van der Waals surface area contributed by atoms with E-state index in [1.165, 1.54) is 23.3 Å². The molecule has 0 bridgehead atoms. The van der Waals surface area contributed by atoms with Crippen LogP contribution in [-0.2, 0) is 13.8 Å². The smallest absolute Gasteiger partial charge is 0.237 e. The van der Waals surface area contributed by atoms with E-state index in [0.29, 0.717) is 21.4 Å². The first-order chi connectivity index (χ1) is 9.88. The zero-order valence-corrected chi connectivity index (χ0v) is 13.2. The molecule has 1 fully saturated rings. The lowest BCUT2D eigenvalue weighted by Crippen LogP contribution is -2.26. The number of pyridine rings is 1. The first kappa shape index (κ1) is 14.5. The fourth-order valence-corrected chi connectivity index (χ4v) is 4.05. The van der Waals surface area contributed by atoms with E-state index in [1.807, 2.05) is 0 Å². The Balaban J connectivity index is 1.95. The summed E-state index contributed by atoms with van der Waals surface area (Å²) in [6.07, 6.45) is -0.126. The number of fused-ring (bicyclic) bond motifs is 1. The summed E-state index contributed by atoms with van der Waals surface area (Å²) in [6, 6.07) is 3.40. The van der Waals surface area contributed by atoms with Gasteiger partial charge in [-0.05, 0) is 6.07 Å². The van der Waals surface area contributed by atoms with Crippen LogP contribution in [0.15, 0.2) is 12.1 Å². The lowest BCUT2D eigenvalue weighted by atomic mass is 10.4. The molecule has 3 heterocycles. The van der Waals surface area contributed by atoms with E-state index < -0.39 is 14.3 Å². The van der Waals surface area contributed by atoms with Crippen molar-refractivity contribution in [3.63, 3.8) is 0 Å². The Morgan fingerprint density at radius 2 is 2.19 bits per heavy atom. The second-order valence-electron chi connectivity index (χ2n) is 4.48. The number of nitrogens with zero attached hydrogens (tertiary/aromatic N) is 3. The molecule has 2 aromatic heterocycles. The topological polar surface area (TPSA) is 89.5 Å². The molecule has 0 aromatic carbocycles. The number of carbonyl (C=O) groups is 1. The molecule has 0 radical (unpaired) electrons. The van der Waals surface area contributed by atoms with Crippen LogP contribution in [0.25, 0.3) is 10.3 Å². The minimum atomic E-state index is -3.77. The highest BCUT2D eigenvalue weighted by atomic mass is 35.7. The number of halogens is 1. The van der Waals surface area contributed by atoms with Crippen LogP contribution in [0.1, 0.15) is 6.42 Å². The van der Waals surface area contributed by atoms with Gasteiger partial charge in [0.15, 0.2) is 5.13 Å². The summed E-state index contributed by atoms with van der Waals surface area (Å²) in [6.45, 7) is 0.0155. The van der Waals surface area contributed by atoms with Crippen molar-refractivity contribution in [3.8, 4) is 5.88 Å². The summed E-state index contributed by atoms with van der Waals surface area (Å²) in [5.74, 6) is 0.141. The molecule has 21 heavy (non-hydrogen) atoms. The summed E-state index contributed by atoms with van der Waals surface area (Å²) in [5.41, 5.74) is 0.626. The fraction of sp³-hybridized carbons (Fsp3) is 0.364. The van der Waals surface area contributed by atoms with E-state index in [0.717, 1.165) is 0 Å². The van der Waals surface area contributed by atoms with Crippen molar-refractivity contribution in [2.45, 2.75) is 11.7 Å². The Morgan fingerprint density at radius 1 is 1.43 bits per heavy atom. The second kappa shape index (κ2) is 5.08. The fourth-order valence-electron chi connectivity index (χ4n) is 2.07. The van der Waals surface area contributed by atoms with Gasteiger partial charge in [0.25, 0.3) is 0 Å². The van der Waals surface area contributed by atoms with Gasteiger partial charge in [-0.25, -0.2) is 18.4 Å². The Hall–Kier alpha value is -1.45. The van der Waals surface area contributed by atoms with Crippen molar-refractivity contribution in [2.24, 2.45) is 0 Å². The van der Waals surface area contributed by atoms with Gasteiger partial charge >= 0.3 is 0 Å². The zero-order valence-electron chi connectivity index (χ0n) is 10.8. The quantitative estimate of drug-likeness (QED) is 0.779. The standard InChI is InChI=1S/C11H10ClN3O4S2/c1-19-8-3-2-7-10(14-8)20-11(13-7)15-5-6(4-9(15)16)21(12,17)18/h2-3,6H,4-5H2,1H3. The Labute approximate surface area is 128 Å². The average molecular weight is 348 g/mol. The average Bonchev–Trinajstić information content (AvgIpc) is 2.99. The molecule has 3 rings (SSSR count). The number of thiazole rings is 1. The molecule has 1 unspecified atom stereocenters. The number of hydrogen-bond donors (Lipinski definition) is 0. The Kier molecular flexibility index (Phi) is 3.50. The van der Waals surface area contributed by atoms with Gasteiger partial charge in [-0.1, -0.05) is 11.3 Å². The van der Waals surface area contributed by atoms with Crippen molar-refractivity contribution in [1.29, 1.82) is 0 Å². The molecular formula is C11H10ClN3O4S2. The third-order valence-electron chi connectivity index (χ3n) is 3.15. The van der Waals surface area contributed by atoms with Gasteiger partial charge in [0.1, 0.15) is 15.6 Å². The summed E-state index contributed by atoms with van der Waals surface area (Å²) >= 11 is 1.21. The van der Waals surface area contributed by atoms with Crippen molar-refractivity contribution in [3.05, 3.63) is 12.1 Å². The molecule has 1 amide bonds. The van der Waals surface area contributed by atoms with E-state index in [1.54, 1.807) is 12.1 Å². The number of hydrogen-bond acceptors (Lipinski definition) is 7. The van der Waals surface area contributed by atoms with Crippen molar-refractivity contribution in [1.82, 2.24) is 9.97 Å². The SMILES string of the molecule is COc1ccc2nc(N3CC(S(=O)(=O)Cl)CC3=O)sc2n1. The molecule has 10 heteroatoms. The van der Waals surface area contributed by atoms with E-state index in [9.17, 15) is 13.2 Å². The summed E-state index contributed by atoms with van der Waals surface area (Å²) in [5, 5.41) is -0.486. The maximum Gasteiger partial charge on any atom is 0.237 e.